The lowest BCUT2D eigenvalue weighted by molar-refractivity contribution is -0.144. The number of hydrogen-bond donors (Lipinski definition) is 1. The summed E-state index contributed by atoms with van der Waals surface area (Å²) in [5, 5.41) is 9.18. The lowest BCUT2D eigenvalue weighted by atomic mass is 10.0. The molecule has 0 aromatic heterocycles. The monoisotopic (exact) mass is 213 g/mol. The normalized spacial score (nSPS) is 20.1. The number of likely N-dealkylation sites (tertiary alicyclic amines) is 1. The van der Waals surface area contributed by atoms with Crippen molar-refractivity contribution in [3.05, 3.63) is 0 Å². The van der Waals surface area contributed by atoms with Gasteiger partial charge in [0, 0.05) is 0 Å². The molecular weight excluding hydrogens is 190 g/mol. The van der Waals surface area contributed by atoms with Crippen molar-refractivity contribution < 1.29 is 9.90 Å². The summed E-state index contributed by atoms with van der Waals surface area (Å²) in [5.74, 6) is -0.631. The van der Waals surface area contributed by atoms with E-state index < -0.39 is 5.97 Å². The van der Waals surface area contributed by atoms with E-state index in [0.717, 1.165) is 51.6 Å². The molecule has 0 aromatic carbocycles. The van der Waals surface area contributed by atoms with Gasteiger partial charge >= 0.3 is 5.97 Å². The third-order valence-corrected chi connectivity index (χ3v) is 3.20. The van der Waals surface area contributed by atoms with Gasteiger partial charge in [-0.1, -0.05) is 32.6 Å². The van der Waals surface area contributed by atoms with Crippen LogP contribution in [-0.2, 0) is 4.79 Å². The first kappa shape index (κ1) is 12.5. The van der Waals surface area contributed by atoms with Crippen LogP contribution >= 0.6 is 0 Å². The van der Waals surface area contributed by atoms with Crippen LogP contribution in [0.1, 0.15) is 51.9 Å². The molecule has 1 aliphatic rings. The zero-order chi connectivity index (χ0) is 11.1. The molecule has 3 heteroatoms. The molecular formula is C12H23NO2. The van der Waals surface area contributed by atoms with Gasteiger partial charge in [-0.15, -0.1) is 0 Å². The molecule has 0 radical (unpaired) electrons. The number of unbranched alkanes of at least 4 members (excludes halogenated alkanes) is 2. The van der Waals surface area contributed by atoms with Crippen LogP contribution in [0.15, 0.2) is 0 Å². The predicted octanol–water partition coefficient (Wildman–Crippen LogP) is 2.51. The third-order valence-electron chi connectivity index (χ3n) is 3.20. The van der Waals surface area contributed by atoms with E-state index >= 15 is 0 Å². The fourth-order valence-electron chi connectivity index (χ4n) is 2.28. The lowest BCUT2D eigenvalue weighted by Gasteiger charge is -2.31. The van der Waals surface area contributed by atoms with Crippen molar-refractivity contribution in [3.8, 4) is 0 Å². The highest BCUT2D eigenvalue weighted by Crippen LogP contribution is 2.16. The molecule has 1 saturated heterocycles. The van der Waals surface area contributed by atoms with Gasteiger partial charge in [0.2, 0.25) is 0 Å². The summed E-state index contributed by atoms with van der Waals surface area (Å²) in [6.45, 7) is 4.10. The Labute approximate surface area is 92.5 Å². The van der Waals surface area contributed by atoms with Crippen molar-refractivity contribution in [2.24, 2.45) is 0 Å². The van der Waals surface area contributed by atoms with E-state index in [-0.39, 0.29) is 6.04 Å². The molecule has 1 heterocycles. The molecule has 1 rings (SSSR count). The maximum Gasteiger partial charge on any atom is 0.320 e. The van der Waals surface area contributed by atoms with Crippen LogP contribution in [0.25, 0.3) is 0 Å². The van der Waals surface area contributed by atoms with Gasteiger partial charge in [-0.25, -0.2) is 0 Å². The second kappa shape index (κ2) is 6.83. The van der Waals surface area contributed by atoms with Gasteiger partial charge in [0.15, 0.2) is 0 Å². The summed E-state index contributed by atoms with van der Waals surface area (Å²) >= 11 is 0. The quantitative estimate of drug-likeness (QED) is 0.689. The number of nitrogens with zero attached hydrogens (tertiary/aromatic N) is 1. The Morgan fingerprint density at radius 2 is 1.93 bits per heavy atom. The van der Waals surface area contributed by atoms with Crippen molar-refractivity contribution in [1.29, 1.82) is 0 Å². The highest BCUT2D eigenvalue weighted by Gasteiger charge is 2.25. The fraction of sp³-hybridized carbons (Fsp3) is 0.917. The minimum Gasteiger partial charge on any atom is -0.480 e. The van der Waals surface area contributed by atoms with E-state index in [1.165, 1.54) is 6.42 Å². The summed E-state index contributed by atoms with van der Waals surface area (Å²) in [6, 6.07) is -0.225. The van der Waals surface area contributed by atoms with Crippen LogP contribution in [0.4, 0.5) is 0 Å². The molecule has 1 unspecified atom stereocenters. The summed E-state index contributed by atoms with van der Waals surface area (Å²) < 4.78 is 0. The smallest absolute Gasteiger partial charge is 0.320 e. The Kier molecular flexibility index (Phi) is 5.69. The minimum absolute atomic E-state index is 0.225. The molecule has 88 valence electrons. The van der Waals surface area contributed by atoms with Crippen molar-refractivity contribution in [1.82, 2.24) is 4.90 Å². The Morgan fingerprint density at radius 1 is 1.27 bits per heavy atom. The number of carboxylic acids is 1. The molecule has 1 aliphatic heterocycles. The van der Waals surface area contributed by atoms with Gasteiger partial charge in [0.1, 0.15) is 6.04 Å². The van der Waals surface area contributed by atoms with Gasteiger partial charge in [-0.05, 0) is 32.4 Å². The van der Waals surface area contributed by atoms with Crippen LogP contribution < -0.4 is 0 Å². The number of carboxylic acid groups (broad SMARTS) is 1. The van der Waals surface area contributed by atoms with E-state index in [9.17, 15) is 9.90 Å². The van der Waals surface area contributed by atoms with Crippen LogP contribution in [-0.4, -0.2) is 35.1 Å². The van der Waals surface area contributed by atoms with Crippen LogP contribution in [0, 0.1) is 0 Å². The van der Waals surface area contributed by atoms with E-state index in [4.69, 9.17) is 0 Å². The molecule has 15 heavy (non-hydrogen) atoms. The van der Waals surface area contributed by atoms with Crippen molar-refractivity contribution in [2.75, 3.05) is 13.1 Å². The van der Waals surface area contributed by atoms with Gasteiger partial charge in [0.05, 0.1) is 0 Å². The second-order valence-electron chi connectivity index (χ2n) is 4.45. The van der Waals surface area contributed by atoms with Crippen molar-refractivity contribution in [3.63, 3.8) is 0 Å². The van der Waals surface area contributed by atoms with Gasteiger partial charge in [-0.3, -0.25) is 9.69 Å². The summed E-state index contributed by atoms with van der Waals surface area (Å²) in [7, 11) is 0. The summed E-state index contributed by atoms with van der Waals surface area (Å²) in [5.41, 5.74) is 0. The molecule has 0 aliphatic carbocycles. The van der Waals surface area contributed by atoms with Gasteiger partial charge in [0.25, 0.3) is 0 Å². The largest absolute Gasteiger partial charge is 0.480 e. The first-order valence-electron chi connectivity index (χ1n) is 6.22. The zero-order valence-corrected chi connectivity index (χ0v) is 9.74. The average molecular weight is 213 g/mol. The van der Waals surface area contributed by atoms with Crippen molar-refractivity contribution in [2.45, 2.75) is 57.9 Å². The number of rotatable bonds is 6. The van der Waals surface area contributed by atoms with E-state index in [1.807, 2.05) is 0 Å². The second-order valence-corrected chi connectivity index (χ2v) is 4.45. The highest BCUT2D eigenvalue weighted by atomic mass is 16.4. The van der Waals surface area contributed by atoms with Crippen LogP contribution in [0.2, 0.25) is 0 Å². The zero-order valence-electron chi connectivity index (χ0n) is 9.74. The van der Waals surface area contributed by atoms with Crippen molar-refractivity contribution >= 4 is 5.97 Å². The minimum atomic E-state index is -0.631. The Morgan fingerprint density at radius 3 is 2.47 bits per heavy atom. The number of aliphatic carboxylic acids is 1. The maximum atomic E-state index is 11.2. The Bertz CT molecular complexity index is 188. The lowest BCUT2D eigenvalue weighted by Crippen LogP contribution is -2.44. The molecule has 3 nitrogen and oxygen atoms in total. The van der Waals surface area contributed by atoms with E-state index in [2.05, 4.69) is 11.8 Å². The van der Waals surface area contributed by atoms with Gasteiger partial charge < -0.3 is 5.11 Å². The molecule has 0 spiro atoms. The molecule has 1 atom stereocenters. The third kappa shape index (κ3) is 4.20. The summed E-state index contributed by atoms with van der Waals surface area (Å²) in [4.78, 5) is 13.3. The molecule has 0 aromatic rings. The summed E-state index contributed by atoms with van der Waals surface area (Å²) in [6.07, 6.45) is 7.77. The topological polar surface area (TPSA) is 40.5 Å². The maximum absolute atomic E-state index is 11.2. The number of hydrogen-bond acceptors (Lipinski definition) is 2. The van der Waals surface area contributed by atoms with Crippen LogP contribution in [0.3, 0.4) is 0 Å². The molecule has 0 amide bonds. The standard InChI is InChI=1S/C12H23NO2/c1-2-3-5-8-11(12(14)15)13-9-6-4-7-10-13/h11H,2-10H2,1H3,(H,14,15). The average Bonchev–Trinajstić information content (AvgIpc) is 2.25. The Balaban J connectivity index is 2.37. The molecule has 1 fully saturated rings. The highest BCUT2D eigenvalue weighted by molar-refractivity contribution is 5.73. The molecule has 0 bridgehead atoms. The number of piperidine rings is 1. The predicted molar refractivity (Wildman–Crippen MR) is 61.0 cm³/mol. The molecule has 1 N–H and O–H groups in total. The number of carbonyl (C=O) groups is 1. The first-order chi connectivity index (χ1) is 7.25. The molecule has 0 saturated carbocycles. The Hall–Kier alpha value is -0.570. The van der Waals surface area contributed by atoms with E-state index in [1.54, 1.807) is 0 Å². The van der Waals surface area contributed by atoms with Crippen LogP contribution in [0.5, 0.6) is 0 Å². The van der Waals surface area contributed by atoms with Gasteiger partial charge in [-0.2, -0.15) is 0 Å². The SMILES string of the molecule is CCCCCC(C(=O)O)N1CCCCC1. The van der Waals surface area contributed by atoms with E-state index in [0.29, 0.717) is 0 Å². The fourth-order valence-corrected chi connectivity index (χ4v) is 2.28. The first-order valence-corrected chi connectivity index (χ1v) is 6.22.